The quantitative estimate of drug-likeness (QED) is 0.233. The van der Waals surface area contributed by atoms with Crippen LogP contribution in [0.25, 0.3) is 0 Å². The van der Waals surface area contributed by atoms with Crippen molar-refractivity contribution >= 4 is 5.97 Å². The second-order valence-electron chi connectivity index (χ2n) is 6.66. The molecule has 0 unspecified atom stereocenters. The molecule has 9 atom stereocenters. The van der Waals surface area contributed by atoms with Gasteiger partial charge in [0, 0.05) is 5.92 Å². The van der Waals surface area contributed by atoms with Crippen molar-refractivity contribution in [2.24, 2.45) is 11.8 Å². The van der Waals surface area contributed by atoms with Crippen LogP contribution in [0.3, 0.4) is 0 Å². The van der Waals surface area contributed by atoms with Crippen LogP contribution < -0.4 is 0 Å². The molecule has 0 aromatic heterocycles. The lowest BCUT2D eigenvalue weighted by Crippen LogP contribution is -2.60. The molecule has 7 N–H and O–H groups in total. The molecule has 3 rings (SSSR count). The van der Waals surface area contributed by atoms with Gasteiger partial charge in [-0.05, 0) is 5.57 Å². The van der Waals surface area contributed by atoms with Gasteiger partial charge in [0.2, 0.25) is 6.29 Å². The van der Waals surface area contributed by atoms with E-state index in [1.54, 1.807) is 0 Å². The summed E-state index contributed by atoms with van der Waals surface area (Å²) < 4.78 is 16.1. The Balaban J connectivity index is 1.84. The number of carbonyl (C=O) groups is 1. The molecule has 3 aliphatic rings. The first-order valence-corrected chi connectivity index (χ1v) is 8.34. The maximum atomic E-state index is 11.4. The van der Waals surface area contributed by atoms with E-state index in [4.69, 9.17) is 14.2 Å². The summed E-state index contributed by atoms with van der Waals surface area (Å²) in [7, 11) is 0. The number of fused-ring (bicyclic) bond motifs is 1. The smallest absolute Gasteiger partial charge is 0.335 e. The standard InChI is InChI=1S/C16H22O11/c17-2-5-1-7(19)10-6(14(23)24)4-25-15(9(5)10)27-16-13(22)12(21)11(20)8(3-18)26-16/h1,4,7-13,15-22H,2-3H2,(H,23,24)/t7-,8+,9+,10-,11+,12-,13+,15-,16-/m1/s1. The Morgan fingerprint density at radius 3 is 2.33 bits per heavy atom. The largest absolute Gasteiger partial charge is 0.478 e. The van der Waals surface area contributed by atoms with Crippen molar-refractivity contribution in [1.82, 2.24) is 0 Å². The van der Waals surface area contributed by atoms with Crippen molar-refractivity contribution in [3.8, 4) is 0 Å². The van der Waals surface area contributed by atoms with Crippen LogP contribution in [0.15, 0.2) is 23.5 Å². The molecule has 0 aromatic rings. The predicted octanol–water partition coefficient (Wildman–Crippen LogP) is -3.35. The molecule has 0 radical (unpaired) electrons. The van der Waals surface area contributed by atoms with Gasteiger partial charge in [0.1, 0.15) is 24.4 Å². The normalized spacial score (nSPS) is 44.1. The molecular weight excluding hydrogens is 368 g/mol. The highest BCUT2D eigenvalue weighted by Crippen LogP contribution is 2.44. The zero-order chi connectivity index (χ0) is 19.9. The van der Waals surface area contributed by atoms with E-state index in [9.17, 15) is 40.5 Å². The Hall–Kier alpha value is -1.57. The van der Waals surface area contributed by atoms with Gasteiger partial charge < -0.3 is 50.0 Å². The highest BCUT2D eigenvalue weighted by atomic mass is 16.8. The fourth-order valence-corrected chi connectivity index (χ4v) is 3.68. The summed E-state index contributed by atoms with van der Waals surface area (Å²) in [6.45, 7) is -1.13. The zero-order valence-electron chi connectivity index (χ0n) is 14.0. The highest BCUT2D eigenvalue weighted by molar-refractivity contribution is 5.87. The van der Waals surface area contributed by atoms with Crippen molar-refractivity contribution in [2.45, 2.75) is 43.1 Å². The van der Waals surface area contributed by atoms with Gasteiger partial charge in [-0.2, -0.15) is 0 Å². The summed E-state index contributed by atoms with van der Waals surface area (Å²) in [5.74, 6) is -3.13. The molecule has 1 fully saturated rings. The van der Waals surface area contributed by atoms with Gasteiger partial charge in [0.15, 0.2) is 6.29 Å². The number of aliphatic carboxylic acids is 1. The average Bonchev–Trinajstić information content (AvgIpc) is 2.99. The van der Waals surface area contributed by atoms with Crippen LogP contribution in [-0.2, 0) is 19.0 Å². The van der Waals surface area contributed by atoms with E-state index in [2.05, 4.69) is 0 Å². The van der Waals surface area contributed by atoms with E-state index in [1.165, 1.54) is 6.08 Å². The van der Waals surface area contributed by atoms with Gasteiger partial charge >= 0.3 is 5.97 Å². The van der Waals surface area contributed by atoms with Crippen LogP contribution in [0.5, 0.6) is 0 Å². The van der Waals surface area contributed by atoms with Crippen LogP contribution in [0, 0.1) is 11.8 Å². The topological polar surface area (TPSA) is 186 Å². The van der Waals surface area contributed by atoms with Crippen LogP contribution in [0.1, 0.15) is 0 Å². The van der Waals surface area contributed by atoms with Gasteiger partial charge in [0.05, 0.1) is 37.1 Å². The number of hydrogen-bond donors (Lipinski definition) is 7. The molecule has 1 aliphatic carbocycles. The minimum atomic E-state index is -1.68. The van der Waals surface area contributed by atoms with Crippen molar-refractivity contribution in [2.75, 3.05) is 13.2 Å². The van der Waals surface area contributed by atoms with Crippen LogP contribution in [0.4, 0.5) is 0 Å². The lowest BCUT2D eigenvalue weighted by molar-refractivity contribution is -0.340. The third-order valence-corrected chi connectivity index (χ3v) is 5.10. The summed E-state index contributed by atoms with van der Waals surface area (Å²) in [6.07, 6.45) is -7.83. The Bertz CT molecular complexity index is 630. The second kappa shape index (κ2) is 7.81. The molecular formula is C16H22O11. The summed E-state index contributed by atoms with van der Waals surface area (Å²) in [5, 5.41) is 68.0. The number of carboxylic acids is 1. The molecule has 0 aromatic carbocycles. The van der Waals surface area contributed by atoms with E-state index in [-0.39, 0.29) is 11.1 Å². The molecule has 2 heterocycles. The van der Waals surface area contributed by atoms with Crippen LogP contribution in [-0.4, -0.2) is 98.0 Å². The average molecular weight is 390 g/mol. The van der Waals surface area contributed by atoms with Crippen molar-refractivity contribution < 1.29 is 54.8 Å². The van der Waals surface area contributed by atoms with Gasteiger partial charge in [-0.1, -0.05) is 6.08 Å². The van der Waals surface area contributed by atoms with Crippen molar-refractivity contribution in [1.29, 1.82) is 0 Å². The summed E-state index contributed by atoms with van der Waals surface area (Å²) in [4.78, 5) is 11.4. The van der Waals surface area contributed by atoms with Gasteiger partial charge in [-0.25, -0.2) is 4.79 Å². The Labute approximate surface area is 153 Å². The van der Waals surface area contributed by atoms with Crippen LogP contribution in [0.2, 0.25) is 0 Å². The molecule has 2 aliphatic heterocycles. The monoisotopic (exact) mass is 390 g/mol. The molecule has 0 spiro atoms. The molecule has 1 saturated heterocycles. The number of hydrogen-bond acceptors (Lipinski definition) is 10. The van der Waals surface area contributed by atoms with Crippen LogP contribution >= 0.6 is 0 Å². The lowest BCUT2D eigenvalue weighted by Gasteiger charge is -2.43. The first-order valence-electron chi connectivity index (χ1n) is 8.34. The number of carboxylic acid groups (broad SMARTS) is 1. The second-order valence-corrected chi connectivity index (χ2v) is 6.66. The summed E-state index contributed by atoms with van der Waals surface area (Å²) >= 11 is 0. The van der Waals surface area contributed by atoms with E-state index < -0.39 is 74.1 Å². The van der Waals surface area contributed by atoms with Crippen molar-refractivity contribution in [3.63, 3.8) is 0 Å². The maximum absolute atomic E-state index is 11.4. The van der Waals surface area contributed by atoms with Gasteiger partial charge in [-0.15, -0.1) is 0 Å². The maximum Gasteiger partial charge on any atom is 0.335 e. The lowest BCUT2D eigenvalue weighted by atomic mass is 9.82. The third kappa shape index (κ3) is 3.48. The van der Waals surface area contributed by atoms with Gasteiger partial charge in [0.25, 0.3) is 0 Å². The molecule has 0 bridgehead atoms. The molecule has 27 heavy (non-hydrogen) atoms. The number of aliphatic hydroxyl groups excluding tert-OH is 6. The SMILES string of the molecule is O=C(O)C1=CO[C@H](O[C@H]2O[C@@H](CO)[C@H](O)[C@@H](O)[C@@H]2O)[C@H]2C(CO)=C[C@@H](O)[C@@H]12. The first-order chi connectivity index (χ1) is 12.8. The zero-order valence-corrected chi connectivity index (χ0v) is 14.0. The van der Waals surface area contributed by atoms with Gasteiger partial charge in [-0.3, -0.25) is 0 Å². The van der Waals surface area contributed by atoms with E-state index in [1.807, 2.05) is 0 Å². The Morgan fingerprint density at radius 2 is 1.74 bits per heavy atom. The molecule has 0 amide bonds. The minimum Gasteiger partial charge on any atom is -0.478 e. The molecule has 0 saturated carbocycles. The molecule has 11 heteroatoms. The third-order valence-electron chi connectivity index (χ3n) is 5.10. The Morgan fingerprint density at radius 1 is 1.04 bits per heavy atom. The first kappa shape index (κ1) is 20.2. The fourth-order valence-electron chi connectivity index (χ4n) is 3.68. The van der Waals surface area contributed by atoms with E-state index in [0.29, 0.717) is 0 Å². The Kier molecular flexibility index (Phi) is 5.84. The fraction of sp³-hybridized carbons (Fsp3) is 0.688. The number of aliphatic hydroxyl groups is 6. The summed E-state index contributed by atoms with van der Waals surface area (Å²) in [6, 6.07) is 0. The highest BCUT2D eigenvalue weighted by Gasteiger charge is 2.51. The summed E-state index contributed by atoms with van der Waals surface area (Å²) in [5.41, 5.74) is 0.0785. The number of rotatable bonds is 5. The van der Waals surface area contributed by atoms with E-state index in [0.717, 1.165) is 6.26 Å². The van der Waals surface area contributed by atoms with Crippen molar-refractivity contribution in [3.05, 3.63) is 23.5 Å². The minimum absolute atomic E-state index is 0.208. The number of ether oxygens (including phenoxy) is 3. The molecule has 11 nitrogen and oxygen atoms in total. The van der Waals surface area contributed by atoms with E-state index >= 15 is 0 Å². The predicted molar refractivity (Wildman–Crippen MR) is 83.6 cm³/mol. The molecule has 152 valence electrons.